The fourth-order valence-corrected chi connectivity index (χ4v) is 3.54. The molecule has 0 aliphatic rings. The van der Waals surface area contributed by atoms with Gasteiger partial charge in [0, 0.05) is 29.1 Å². The van der Waals surface area contributed by atoms with Gasteiger partial charge < -0.3 is 15.4 Å². The quantitative estimate of drug-likeness (QED) is 0.630. The summed E-state index contributed by atoms with van der Waals surface area (Å²) in [4.78, 5) is 27.7. The first-order valence-electron chi connectivity index (χ1n) is 7.42. The summed E-state index contributed by atoms with van der Waals surface area (Å²) in [5.41, 5.74) is 1.55. The average molecular weight is 400 g/mol. The highest BCUT2D eigenvalue weighted by Gasteiger charge is 2.08. The number of carbonyl (C=O) groups excluding carboxylic acids is 2. The number of methoxy groups -OCH3 is 1. The van der Waals surface area contributed by atoms with E-state index in [4.69, 9.17) is 16.3 Å². The summed E-state index contributed by atoms with van der Waals surface area (Å²) in [5.74, 6) is 1.70. The fourth-order valence-electron chi connectivity index (χ4n) is 1.82. The molecule has 9 heteroatoms. The van der Waals surface area contributed by atoms with Gasteiger partial charge in [0.25, 0.3) is 0 Å². The maximum absolute atomic E-state index is 11.9. The molecule has 0 aliphatic carbocycles. The van der Waals surface area contributed by atoms with Crippen LogP contribution in [0.3, 0.4) is 0 Å². The lowest BCUT2D eigenvalue weighted by molar-refractivity contribution is -0.116. The van der Waals surface area contributed by atoms with E-state index in [2.05, 4.69) is 15.6 Å². The topological polar surface area (TPSA) is 80.3 Å². The van der Waals surface area contributed by atoms with Crippen LogP contribution in [0.25, 0.3) is 0 Å². The molecule has 0 radical (unpaired) electrons. The number of benzene rings is 1. The van der Waals surface area contributed by atoms with Crippen LogP contribution < -0.4 is 15.4 Å². The zero-order valence-corrected chi connectivity index (χ0v) is 16.0. The molecule has 0 saturated carbocycles. The molecule has 0 unspecified atom stereocenters. The molecular formula is C16H18ClN3O3S2. The third-order valence-corrected chi connectivity index (χ3v) is 4.94. The number of alkyl halides is 1. The van der Waals surface area contributed by atoms with Gasteiger partial charge >= 0.3 is 0 Å². The Morgan fingerprint density at radius 3 is 2.68 bits per heavy atom. The highest BCUT2D eigenvalue weighted by Crippen LogP contribution is 2.20. The number of halogens is 1. The lowest BCUT2D eigenvalue weighted by Gasteiger charge is -2.05. The van der Waals surface area contributed by atoms with Crippen molar-refractivity contribution < 1.29 is 14.3 Å². The van der Waals surface area contributed by atoms with Crippen molar-refractivity contribution in [2.24, 2.45) is 0 Å². The van der Waals surface area contributed by atoms with Crippen molar-refractivity contribution in [3.63, 3.8) is 0 Å². The third kappa shape index (κ3) is 6.93. The van der Waals surface area contributed by atoms with Crippen molar-refractivity contribution in [1.29, 1.82) is 0 Å². The van der Waals surface area contributed by atoms with Crippen molar-refractivity contribution in [2.45, 2.75) is 12.2 Å². The first kappa shape index (κ1) is 19.6. The minimum absolute atomic E-state index is 0.0824. The van der Waals surface area contributed by atoms with E-state index in [-0.39, 0.29) is 24.1 Å². The summed E-state index contributed by atoms with van der Waals surface area (Å²) in [6.45, 7) is 0. The van der Waals surface area contributed by atoms with E-state index in [9.17, 15) is 9.59 Å². The van der Waals surface area contributed by atoms with Crippen molar-refractivity contribution in [2.75, 3.05) is 29.4 Å². The van der Waals surface area contributed by atoms with Crippen LogP contribution in [0.4, 0.5) is 10.8 Å². The van der Waals surface area contributed by atoms with Gasteiger partial charge in [0.15, 0.2) is 5.13 Å². The summed E-state index contributed by atoms with van der Waals surface area (Å²) in [5, 5.41) is 7.93. The molecule has 6 nitrogen and oxygen atoms in total. The molecule has 0 spiro atoms. The highest BCUT2D eigenvalue weighted by atomic mass is 35.5. The predicted octanol–water partition coefficient (Wildman–Crippen LogP) is 3.59. The smallest absolute Gasteiger partial charge is 0.234 e. The summed E-state index contributed by atoms with van der Waals surface area (Å²) in [6, 6.07) is 7.16. The maximum atomic E-state index is 11.9. The van der Waals surface area contributed by atoms with Crippen LogP contribution in [0.1, 0.15) is 12.1 Å². The molecule has 2 amide bonds. The molecule has 2 aromatic rings. The van der Waals surface area contributed by atoms with Crippen LogP contribution in [0, 0.1) is 0 Å². The van der Waals surface area contributed by atoms with Crippen LogP contribution in [-0.2, 0) is 15.3 Å². The largest absolute Gasteiger partial charge is 0.497 e. The Balaban J connectivity index is 1.71. The molecule has 1 heterocycles. The van der Waals surface area contributed by atoms with Gasteiger partial charge in [-0.2, -0.15) is 0 Å². The van der Waals surface area contributed by atoms with Crippen molar-refractivity contribution >= 4 is 57.3 Å². The Hall–Kier alpha value is -1.77. The Kier molecular flexibility index (Phi) is 8.03. The number of aromatic nitrogens is 1. The number of hydrogen-bond donors (Lipinski definition) is 2. The number of ether oxygens (including phenoxy) is 1. The highest BCUT2D eigenvalue weighted by molar-refractivity contribution is 7.99. The number of nitrogens with zero attached hydrogens (tertiary/aromatic N) is 1. The monoisotopic (exact) mass is 399 g/mol. The van der Waals surface area contributed by atoms with Crippen LogP contribution in [0.2, 0.25) is 0 Å². The number of amides is 2. The van der Waals surface area contributed by atoms with E-state index >= 15 is 0 Å². The summed E-state index contributed by atoms with van der Waals surface area (Å²) in [6.07, 6.45) is 0.261. The molecule has 1 aromatic carbocycles. The van der Waals surface area contributed by atoms with Gasteiger partial charge in [0.2, 0.25) is 11.8 Å². The van der Waals surface area contributed by atoms with Gasteiger partial charge in [-0.25, -0.2) is 4.98 Å². The molecule has 0 atom stereocenters. The third-order valence-electron chi connectivity index (χ3n) is 2.98. The number of thioether (sulfide) groups is 1. The summed E-state index contributed by atoms with van der Waals surface area (Å²) < 4.78 is 5.07. The standard InChI is InChI=1S/C16H18ClN3O3S2/c1-23-13-4-2-11(3-5-13)18-15(22)10-24-8-12-9-25-16(19-12)20-14(21)6-7-17/h2-5,9H,6-8,10H2,1H3,(H,18,22)(H,19,20,21). The molecule has 0 saturated heterocycles. The van der Waals surface area contributed by atoms with Gasteiger partial charge in [-0.3, -0.25) is 9.59 Å². The molecular weight excluding hydrogens is 382 g/mol. The Labute approximate surface area is 159 Å². The van der Waals surface area contributed by atoms with E-state index in [0.29, 0.717) is 16.6 Å². The number of anilines is 2. The lowest BCUT2D eigenvalue weighted by atomic mass is 10.3. The van der Waals surface area contributed by atoms with Crippen LogP contribution in [0.15, 0.2) is 29.6 Å². The zero-order chi connectivity index (χ0) is 18.1. The Bertz CT molecular complexity index is 707. The molecule has 2 rings (SSSR count). The van der Waals surface area contributed by atoms with Crippen molar-refractivity contribution in [3.8, 4) is 5.75 Å². The van der Waals surface area contributed by atoms with E-state index in [1.54, 1.807) is 31.4 Å². The predicted molar refractivity (Wildman–Crippen MR) is 104 cm³/mol. The number of nitrogens with one attached hydrogen (secondary N) is 2. The molecule has 134 valence electrons. The summed E-state index contributed by atoms with van der Waals surface area (Å²) in [7, 11) is 1.59. The number of hydrogen-bond acceptors (Lipinski definition) is 6. The normalized spacial score (nSPS) is 10.3. The van der Waals surface area contributed by atoms with Gasteiger partial charge in [0.1, 0.15) is 5.75 Å². The van der Waals surface area contributed by atoms with Crippen LogP contribution in [-0.4, -0.2) is 35.5 Å². The van der Waals surface area contributed by atoms with Crippen molar-refractivity contribution in [1.82, 2.24) is 4.98 Å². The molecule has 2 N–H and O–H groups in total. The molecule has 25 heavy (non-hydrogen) atoms. The first-order chi connectivity index (χ1) is 12.1. The SMILES string of the molecule is COc1ccc(NC(=O)CSCc2csc(NC(=O)CCCl)n2)cc1. The van der Waals surface area contributed by atoms with E-state index in [1.807, 2.05) is 5.38 Å². The first-order valence-corrected chi connectivity index (χ1v) is 9.99. The number of carbonyl (C=O) groups is 2. The van der Waals surface area contributed by atoms with E-state index < -0.39 is 0 Å². The summed E-state index contributed by atoms with van der Waals surface area (Å²) >= 11 is 8.33. The van der Waals surface area contributed by atoms with Gasteiger partial charge in [-0.15, -0.1) is 34.7 Å². The number of thiazole rings is 1. The molecule has 0 fully saturated rings. The van der Waals surface area contributed by atoms with Crippen molar-refractivity contribution in [3.05, 3.63) is 35.3 Å². The van der Waals surface area contributed by atoms with Crippen LogP contribution in [0.5, 0.6) is 5.75 Å². The average Bonchev–Trinajstić information content (AvgIpc) is 3.03. The second-order valence-electron chi connectivity index (χ2n) is 4.90. The van der Waals surface area contributed by atoms with E-state index in [0.717, 1.165) is 17.1 Å². The fraction of sp³-hybridized carbons (Fsp3) is 0.312. The second-order valence-corrected chi connectivity index (χ2v) is 7.12. The van der Waals surface area contributed by atoms with E-state index in [1.165, 1.54) is 23.1 Å². The number of rotatable bonds is 9. The Morgan fingerprint density at radius 1 is 1.24 bits per heavy atom. The maximum Gasteiger partial charge on any atom is 0.234 e. The minimum atomic E-state index is -0.151. The molecule has 1 aromatic heterocycles. The minimum Gasteiger partial charge on any atom is -0.497 e. The van der Waals surface area contributed by atoms with Gasteiger partial charge in [-0.05, 0) is 24.3 Å². The molecule has 0 bridgehead atoms. The second kappa shape index (κ2) is 10.3. The van der Waals surface area contributed by atoms with Gasteiger partial charge in [0.05, 0.1) is 18.6 Å². The molecule has 0 aliphatic heterocycles. The van der Waals surface area contributed by atoms with Gasteiger partial charge in [-0.1, -0.05) is 0 Å². The Morgan fingerprint density at radius 2 is 2.00 bits per heavy atom. The lowest BCUT2D eigenvalue weighted by Crippen LogP contribution is -2.14. The van der Waals surface area contributed by atoms with Crippen LogP contribution >= 0.6 is 34.7 Å². The zero-order valence-electron chi connectivity index (χ0n) is 13.6.